The van der Waals surface area contributed by atoms with Gasteiger partial charge in [-0.2, -0.15) is 0 Å². The average molecular weight is 346 g/mol. The summed E-state index contributed by atoms with van der Waals surface area (Å²) >= 11 is 5.79. The molecule has 6 heteroatoms. The smallest absolute Gasteiger partial charge is 0.227 e. The number of hydrogen-bond acceptors (Lipinski definition) is 4. The van der Waals surface area contributed by atoms with E-state index in [0.29, 0.717) is 16.7 Å². The molecule has 3 rings (SSSR count). The van der Waals surface area contributed by atoms with Crippen molar-refractivity contribution in [2.75, 3.05) is 5.32 Å². The van der Waals surface area contributed by atoms with Gasteiger partial charge in [-0.3, -0.25) is 4.79 Å². The van der Waals surface area contributed by atoms with Gasteiger partial charge in [0.05, 0.1) is 5.02 Å². The molecular formula is C18H20ClN3O2. The van der Waals surface area contributed by atoms with Crippen LogP contribution in [0.15, 0.2) is 42.6 Å². The molecule has 0 saturated heterocycles. The van der Waals surface area contributed by atoms with Crippen LogP contribution in [0.3, 0.4) is 0 Å². The quantitative estimate of drug-likeness (QED) is 0.878. The molecule has 1 aliphatic rings. The van der Waals surface area contributed by atoms with Gasteiger partial charge >= 0.3 is 0 Å². The van der Waals surface area contributed by atoms with Crippen LogP contribution < -0.4 is 15.8 Å². The molecule has 1 aromatic heterocycles. The molecule has 2 aromatic rings. The van der Waals surface area contributed by atoms with Crippen LogP contribution in [0.1, 0.15) is 25.7 Å². The van der Waals surface area contributed by atoms with Crippen LogP contribution in [0.2, 0.25) is 5.02 Å². The number of rotatable bonds is 4. The summed E-state index contributed by atoms with van der Waals surface area (Å²) in [5, 5.41) is 3.51. The standard InChI is InChI=1S/C18H20ClN3O2/c19-13-4-9-17(21-11-13)24-16-7-5-15(6-8-16)22-18(23)12-2-1-3-14(20)10-12/h4-9,11-12,14H,1-3,10,20H2,(H,22,23). The van der Waals surface area contributed by atoms with Crippen LogP contribution in [-0.4, -0.2) is 16.9 Å². The van der Waals surface area contributed by atoms with E-state index in [9.17, 15) is 4.79 Å². The lowest BCUT2D eigenvalue weighted by Gasteiger charge is -2.25. The van der Waals surface area contributed by atoms with Crippen molar-refractivity contribution in [3.63, 3.8) is 0 Å². The third-order valence-corrected chi connectivity index (χ3v) is 4.35. The number of amides is 1. The number of hydrogen-bond donors (Lipinski definition) is 2. The Morgan fingerprint density at radius 1 is 1.21 bits per heavy atom. The fourth-order valence-electron chi connectivity index (χ4n) is 2.86. The molecule has 2 unspecified atom stereocenters. The van der Waals surface area contributed by atoms with Crippen LogP contribution in [0, 0.1) is 5.92 Å². The van der Waals surface area contributed by atoms with E-state index in [-0.39, 0.29) is 17.9 Å². The van der Waals surface area contributed by atoms with Gasteiger partial charge in [-0.1, -0.05) is 18.0 Å². The Balaban J connectivity index is 1.58. The van der Waals surface area contributed by atoms with Crippen LogP contribution >= 0.6 is 11.6 Å². The normalized spacial score (nSPS) is 20.4. The number of pyridine rings is 1. The molecular weight excluding hydrogens is 326 g/mol. The predicted octanol–water partition coefficient (Wildman–Crippen LogP) is 3.98. The van der Waals surface area contributed by atoms with E-state index in [4.69, 9.17) is 22.1 Å². The molecule has 2 atom stereocenters. The lowest BCUT2D eigenvalue weighted by molar-refractivity contribution is -0.120. The van der Waals surface area contributed by atoms with Crippen LogP contribution in [0.25, 0.3) is 0 Å². The van der Waals surface area contributed by atoms with Crippen molar-refractivity contribution >= 4 is 23.2 Å². The molecule has 1 aliphatic carbocycles. The Bertz CT molecular complexity index is 688. The van der Waals surface area contributed by atoms with Gasteiger partial charge in [0.1, 0.15) is 5.75 Å². The first-order valence-electron chi connectivity index (χ1n) is 8.06. The Hall–Kier alpha value is -2.11. The number of anilines is 1. The number of carbonyl (C=O) groups excluding carboxylic acids is 1. The zero-order valence-electron chi connectivity index (χ0n) is 13.2. The predicted molar refractivity (Wildman–Crippen MR) is 94.3 cm³/mol. The van der Waals surface area contributed by atoms with Gasteiger partial charge in [-0.05, 0) is 49.6 Å². The molecule has 1 saturated carbocycles. The molecule has 5 nitrogen and oxygen atoms in total. The van der Waals surface area contributed by atoms with Crippen molar-refractivity contribution in [1.29, 1.82) is 0 Å². The monoisotopic (exact) mass is 345 g/mol. The number of ether oxygens (including phenoxy) is 1. The molecule has 126 valence electrons. The lowest BCUT2D eigenvalue weighted by atomic mass is 9.85. The third-order valence-electron chi connectivity index (χ3n) is 4.13. The molecule has 24 heavy (non-hydrogen) atoms. The summed E-state index contributed by atoms with van der Waals surface area (Å²) in [6.45, 7) is 0. The molecule has 0 bridgehead atoms. The maximum atomic E-state index is 12.3. The number of halogens is 1. The highest BCUT2D eigenvalue weighted by Crippen LogP contribution is 2.26. The minimum atomic E-state index is 0.00273. The second-order valence-corrected chi connectivity index (χ2v) is 6.49. The van der Waals surface area contributed by atoms with E-state index >= 15 is 0 Å². The molecule has 1 amide bonds. The van der Waals surface area contributed by atoms with E-state index in [1.165, 1.54) is 6.20 Å². The van der Waals surface area contributed by atoms with Gasteiger partial charge in [0, 0.05) is 29.9 Å². The number of nitrogens with zero attached hydrogens (tertiary/aromatic N) is 1. The highest BCUT2D eigenvalue weighted by molar-refractivity contribution is 6.30. The van der Waals surface area contributed by atoms with Crippen LogP contribution in [-0.2, 0) is 4.79 Å². The molecule has 3 N–H and O–H groups in total. The van der Waals surface area contributed by atoms with E-state index < -0.39 is 0 Å². The van der Waals surface area contributed by atoms with Crippen molar-refractivity contribution in [2.24, 2.45) is 11.7 Å². The number of nitrogens with one attached hydrogen (secondary N) is 1. The fraction of sp³-hybridized carbons (Fsp3) is 0.333. The van der Waals surface area contributed by atoms with Gasteiger partial charge in [0.25, 0.3) is 0 Å². The van der Waals surface area contributed by atoms with Crippen molar-refractivity contribution in [3.8, 4) is 11.6 Å². The molecule has 0 spiro atoms. The summed E-state index contributed by atoms with van der Waals surface area (Å²) in [5.41, 5.74) is 6.69. The average Bonchev–Trinajstić information content (AvgIpc) is 2.59. The maximum Gasteiger partial charge on any atom is 0.227 e. The summed E-state index contributed by atoms with van der Waals surface area (Å²) in [7, 11) is 0. The first-order valence-corrected chi connectivity index (χ1v) is 8.44. The third kappa shape index (κ3) is 4.46. The largest absolute Gasteiger partial charge is 0.439 e. The highest BCUT2D eigenvalue weighted by atomic mass is 35.5. The number of nitrogens with two attached hydrogens (primary N) is 1. The number of carbonyl (C=O) groups is 1. The van der Waals surface area contributed by atoms with Crippen molar-refractivity contribution in [3.05, 3.63) is 47.6 Å². The van der Waals surface area contributed by atoms with Crippen LogP contribution in [0.4, 0.5) is 5.69 Å². The van der Waals surface area contributed by atoms with E-state index in [1.807, 2.05) is 12.1 Å². The minimum absolute atomic E-state index is 0.00273. The fourth-order valence-corrected chi connectivity index (χ4v) is 2.97. The summed E-state index contributed by atoms with van der Waals surface area (Å²) in [6, 6.07) is 10.8. The van der Waals surface area contributed by atoms with Crippen molar-refractivity contribution < 1.29 is 9.53 Å². The van der Waals surface area contributed by atoms with Crippen LogP contribution in [0.5, 0.6) is 11.6 Å². The molecule has 1 fully saturated rings. The Kier molecular flexibility index (Phi) is 5.33. The highest BCUT2D eigenvalue weighted by Gasteiger charge is 2.25. The number of benzene rings is 1. The first-order chi connectivity index (χ1) is 11.6. The van der Waals surface area contributed by atoms with E-state index in [1.54, 1.807) is 24.3 Å². The zero-order valence-corrected chi connectivity index (χ0v) is 14.0. The Morgan fingerprint density at radius 2 is 2.00 bits per heavy atom. The first kappa shape index (κ1) is 16.7. The SMILES string of the molecule is NC1CCCC(C(=O)Nc2ccc(Oc3ccc(Cl)cn3)cc2)C1. The summed E-state index contributed by atoms with van der Waals surface area (Å²) in [6.07, 6.45) is 5.22. The molecule has 0 radical (unpaired) electrons. The summed E-state index contributed by atoms with van der Waals surface area (Å²) in [4.78, 5) is 16.4. The Labute approximate surface area is 146 Å². The van der Waals surface area contributed by atoms with Gasteiger partial charge in [-0.15, -0.1) is 0 Å². The summed E-state index contributed by atoms with van der Waals surface area (Å²) in [5.74, 6) is 1.15. The van der Waals surface area contributed by atoms with Gasteiger partial charge in [0.2, 0.25) is 11.8 Å². The lowest BCUT2D eigenvalue weighted by Crippen LogP contribution is -2.34. The number of aromatic nitrogens is 1. The van der Waals surface area contributed by atoms with E-state index in [2.05, 4.69) is 10.3 Å². The molecule has 1 aromatic carbocycles. The molecule has 0 aliphatic heterocycles. The maximum absolute atomic E-state index is 12.3. The van der Waals surface area contributed by atoms with Gasteiger partial charge < -0.3 is 15.8 Å². The minimum Gasteiger partial charge on any atom is -0.439 e. The van der Waals surface area contributed by atoms with Gasteiger partial charge in [0.15, 0.2) is 0 Å². The second-order valence-electron chi connectivity index (χ2n) is 6.05. The topological polar surface area (TPSA) is 77.2 Å². The van der Waals surface area contributed by atoms with Gasteiger partial charge in [-0.25, -0.2) is 4.98 Å². The van der Waals surface area contributed by atoms with Crippen molar-refractivity contribution in [1.82, 2.24) is 4.98 Å². The van der Waals surface area contributed by atoms with E-state index in [0.717, 1.165) is 31.4 Å². The summed E-state index contributed by atoms with van der Waals surface area (Å²) < 4.78 is 5.62. The molecule has 1 heterocycles. The zero-order chi connectivity index (χ0) is 16.9. The second kappa shape index (κ2) is 7.64. The van der Waals surface area contributed by atoms with Crippen molar-refractivity contribution in [2.45, 2.75) is 31.7 Å². The Morgan fingerprint density at radius 3 is 2.67 bits per heavy atom.